The number of rotatable bonds is 6. The molecule has 0 radical (unpaired) electrons. The Hall–Kier alpha value is -2.25. The molecule has 3 aromatic rings. The molecule has 3 rings (SSSR count). The second-order valence-corrected chi connectivity index (χ2v) is 6.96. The SMILES string of the molecule is COc1ccccc1-c1nc(COC(=O)Cc2csc(C)n2)cs1. The summed E-state index contributed by atoms with van der Waals surface area (Å²) in [6.45, 7) is 2.07. The Bertz CT molecular complexity index is 842. The fourth-order valence-corrected chi connectivity index (χ4v) is 3.61. The van der Waals surface area contributed by atoms with E-state index in [2.05, 4.69) is 9.97 Å². The van der Waals surface area contributed by atoms with Gasteiger partial charge in [0.1, 0.15) is 17.4 Å². The van der Waals surface area contributed by atoms with Gasteiger partial charge in [-0.1, -0.05) is 12.1 Å². The Morgan fingerprint density at radius 2 is 1.92 bits per heavy atom. The molecule has 2 heterocycles. The van der Waals surface area contributed by atoms with Crippen LogP contribution >= 0.6 is 22.7 Å². The van der Waals surface area contributed by atoms with Crippen LogP contribution in [0.2, 0.25) is 0 Å². The first-order valence-electron chi connectivity index (χ1n) is 7.30. The van der Waals surface area contributed by atoms with Crippen LogP contribution in [0.4, 0.5) is 0 Å². The summed E-state index contributed by atoms with van der Waals surface area (Å²) < 4.78 is 10.6. The van der Waals surface area contributed by atoms with E-state index in [0.29, 0.717) is 0 Å². The van der Waals surface area contributed by atoms with Crippen LogP contribution in [0.3, 0.4) is 0 Å². The molecule has 0 aliphatic rings. The molecule has 124 valence electrons. The van der Waals surface area contributed by atoms with Crippen LogP contribution in [0.1, 0.15) is 16.4 Å². The summed E-state index contributed by atoms with van der Waals surface area (Å²) >= 11 is 3.02. The van der Waals surface area contributed by atoms with E-state index < -0.39 is 0 Å². The zero-order valence-corrected chi connectivity index (χ0v) is 14.9. The van der Waals surface area contributed by atoms with Crippen molar-refractivity contribution >= 4 is 28.6 Å². The minimum atomic E-state index is -0.299. The maximum atomic E-state index is 11.9. The largest absolute Gasteiger partial charge is 0.496 e. The number of aryl methyl sites for hydroxylation is 1. The Morgan fingerprint density at radius 1 is 1.12 bits per heavy atom. The Kier molecular flexibility index (Phi) is 5.22. The zero-order chi connectivity index (χ0) is 16.9. The number of para-hydroxylation sites is 1. The third-order valence-corrected chi connectivity index (χ3v) is 5.01. The van der Waals surface area contributed by atoms with E-state index in [4.69, 9.17) is 9.47 Å². The topological polar surface area (TPSA) is 61.3 Å². The summed E-state index contributed by atoms with van der Waals surface area (Å²) in [6, 6.07) is 7.71. The molecular weight excluding hydrogens is 344 g/mol. The lowest BCUT2D eigenvalue weighted by Gasteiger charge is -2.04. The molecule has 0 spiro atoms. The molecule has 0 aliphatic heterocycles. The van der Waals surface area contributed by atoms with Crippen LogP contribution in [-0.2, 0) is 22.6 Å². The molecule has 24 heavy (non-hydrogen) atoms. The second-order valence-electron chi connectivity index (χ2n) is 5.04. The lowest BCUT2D eigenvalue weighted by molar-refractivity contribution is -0.144. The Labute approximate surface area is 147 Å². The van der Waals surface area contributed by atoms with Crippen molar-refractivity contribution < 1.29 is 14.3 Å². The van der Waals surface area contributed by atoms with Gasteiger partial charge in [-0.25, -0.2) is 9.97 Å². The Morgan fingerprint density at radius 3 is 2.67 bits per heavy atom. The van der Waals surface area contributed by atoms with Gasteiger partial charge < -0.3 is 9.47 Å². The molecule has 5 nitrogen and oxygen atoms in total. The lowest BCUT2D eigenvalue weighted by Crippen LogP contribution is -2.08. The summed E-state index contributed by atoms with van der Waals surface area (Å²) in [7, 11) is 1.63. The van der Waals surface area contributed by atoms with Gasteiger partial charge in [0, 0.05) is 10.8 Å². The summed E-state index contributed by atoms with van der Waals surface area (Å²) in [5.41, 5.74) is 2.40. The van der Waals surface area contributed by atoms with E-state index >= 15 is 0 Å². The summed E-state index contributed by atoms with van der Waals surface area (Å²) in [5, 5.41) is 5.55. The summed E-state index contributed by atoms with van der Waals surface area (Å²) in [5.74, 6) is 0.474. The fourth-order valence-electron chi connectivity index (χ4n) is 2.16. The maximum absolute atomic E-state index is 11.9. The predicted molar refractivity (Wildman–Crippen MR) is 94.5 cm³/mol. The summed E-state index contributed by atoms with van der Waals surface area (Å²) in [6.07, 6.45) is 0.188. The van der Waals surface area contributed by atoms with E-state index in [1.807, 2.05) is 41.9 Å². The van der Waals surface area contributed by atoms with Crippen molar-refractivity contribution in [2.45, 2.75) is 20.0 Å². The molecule has 0 fully saturated rings. The molecule has 0 amide bonds. The highest BCUT2D eigenvalue weighted by atomic mass is 32.1. The molecular formula is C17H16N2O3S2. The fraction of sp³-hybridized carbons (Fsp3) is 0.235. The maximum Gasteiger partial charge on any atom is 0.312 e. The normalized spacial score (nSPS) is 10.6. The average molecular weight is 360 g/mol. The van der Waals surface area contributed by atoms with Crippen LogP contribution in [0.5, 0.6) is 5.75 Å². The molecule has 0 unspecified atom stereocenters. The highest BCUT2D eigenvalue weighted by Gasteiger charge is 2.12. The van der Waals surface area contributed by atoms with Crippen LogP contribution in [-0.4, -0.2) is 23.0 Å². The number of aromatic nitrogens is 2. The van der Waals surface area contributed by atoms with Crippen molar-refractivity contribution in [3.8, 4) is 16.3 Å². The van der Waals surface area contributed by atoms with Gasteiger partial charge in [0.2, 0.25) is 0 Å². The number of hydrogen-bond donors (Lipinski definition) is 0. The number of hydrogen-bond acceptors (Lipinski definition) is 7. The minimum Gasteiger partial charge on any atom is -0.496 e. The van der Waals surface area contributed by atoms with Gasteiger partial charge >= 0.3 is 5.97 Å². The van der Waals surface area contributed by atoms with Crippen LogP contribution in [0.25, 0.3) is 10.6 Å². The van der Waals surface area contributed by atoms with Gasteiger partial charge in [-0.2, -0.15) is 0 Å². The van der Waals surface area contributed by atoms with Crippen molar-refractivity contribution in [1.29, 1.82) is 0 Å². The molecule has 0 saturated heterocycles. The number of esters is 1. The molecule has 0 saturated carbocycles. The molecule has 2 aromatic heterocycles. The van der Waals surface area contributed by atoms with Gasteiger partial charge in [0.05, 0.1) is 35.5 Å². The molecule has 7 heteroatoms. The number of ether oxygens (including phenoxy) is 2. The first-order valence-corrected chi connectivity index (χ1v) is 9.06. The third-order valence-electron chi connectivity index (χ3n) is 3.26. The van der Waals surface area contributed by atoms with E-state index in [0.717, 1.165) is 32.7 Å². The van der Waals surface area contributed by atoms with E-state index in [1.165, 1.54) is 22.7 Å². The summed E-state index contributed by atoms with van der Waals surface area (Å²) in [4.78, 5) is 20.6. The van der Waals surface area contributed by atoms with Crippen LogP contribution < -0.4 is 4.74 Å². The highest BCUT2D eigenvalue weighted by molar-refractivity contribution is 7.13. The third kappa shape index (κ3) is 3.98. The van der Waals surface area contributed by atoms with Crippen LogP contribution in [0, 0.1) is 6.92 Å². The number of nitrogens with zero attached hydrogens (tertiary/aromatic N) is 2. The van der Waals surface area contributed by atoms with Gasteiger partial charge in [-0.05, 0) is 19.1 Å². The quantitative estimate of drug-likeness (QED) is 0.625. The number of benzene rings is 1. The monoisotopic (exact) mass is 360 g/mol. The first-order chi connectivity index (χ1) is 11.7. The second kappa shape index (κ2) is 7.55. The molecule has 0 atom stereocenters. The standard InChI is InChI=1S/C17H16N2O3S2/c1-11-18-12(9-23-11)7-16(20)22-8-13-10-24-17(19-13)14-5-3-4-6-15(14)21-2/h3-6,9-10H,7-8H2,1-2H3. The predicted octanol–water partition coefficient (Wildman–Crippen LogP) is 3.87. The van der Waals surface area contributed by atoms with Crippen molar-refractivity contribution in [2.75, 3.05) is 7.11 Å². The van der Waals surface area contributed by atoms with Gasteiger partial charge in [0.15, 0.2) is 0 Å². The lowest BCUT2D eigenvalue weighted by atomic mass is 10.2. The average Bonchev–Trinajstić information content (AvgIpc) is 3.22. The van der Waals surface area contributed by atoms with E-state index in [-0.39, 0.29) is 19.0 Å². The van der Waals surface area contributed by atoms with Gasteiger partial charge in [-0.15, -0.1) is 22.7 Å². The minimum absolute atomic E-state index is 0.160. The van der Waals surface area contributed by atoms with Crippen molar-refractivity contribution in [2.24, 2.45) is 0 Å². The zero-order valence-electron chi connectivity index (χ0n) is 13.3. The van der Waals surface area contributed by atoms with Gasteiger partial charge in [0.25, 0.3) is 0 Å². The molecule has 0 aliphatic carbocycles. The van der Waals surface area contributed by atoms with Crippen molar-refractivity contribution in [1.82, 2.24) is 9.97 Å². The molecule has 0 bridgehead atoms. The molecule has 0 N–H and O–H groups in total. The number of methoxy groups -OCH3 is 1. The van der Waals surface area contributed by atoms with E-state index in [1.54, 1.807) is 7.11 Å². The first kappa shape index (κ1) is 16.6. The smallest absolute Gasteiger partial charge is 0.312 e. The number of carbonyl (C=O) groups is 1. The van der Waals surface area contributed by atoms with E-state index in [9.17, 15) is 4.79 Å². The molecule has 1 aromatic carbocycles. The van der Waals surface area contributed by atoms with Crippen molar-refractivity contribution in [3.05, 3.63) is 51.4 Å². The highest BCUT2D eigenvalue weighted by Crippen LogP contribution is 2.31. The Balaban J connectivity index is 1.61. The number of carbonyl (C=O) groups excluding carboxylic acids is 1. The van der Waals surface area contributed by atoms with Crippen molar-refractivity contribution in [3.63, 3.8) is 0 Å². The van der Waals surface area contributed by atoms with Gasteiger partial charge in [-0.3, -0.25) is 4.79 Å². The van der Waals surface area contributed by atoms with Crippen LogP contribution in [0.15, 0.2) is 35.0 Å². The number of thiazole rings is 2.